The Kier molecular flexibility index (Phi) is 4.37. The molecule has 0 bridgehead atoms. The second kappa shape index (κ2) is 5.92. The highest BCUT2D eigenvalue weighted by atomic mass is 32.1. The fraction of sp³-hybridized carbons (Fsp3) is 0.400. The van der Waals surface area contributed by atoms with Crippen molar-refractivity contribution in [2.75, 3.05) is 12.4 Å². The highest BCUT2D eigenvalue weighted by molar-refractivity contribution is 7.17. The average Bonchev–Trinajstić information content (AvgIpc) is 3.03. The number of nitrogens with zero attached hydrogens (tertiary/aromatic N) is 2. The lowest BCUT2D eigenvalue weighted by Gasteiger charge is -2.16. The van der Waals surface area contributed by atoms with E-state index in [-0.39, 0.29) is 11.3 Å². The lowest BCUT2D eigenvalue weighted by molar-refractivity contribution is 0.0603. The summed E-state index contributed by atoms with van der Waals surface area (Å²) in [5.41, 5.74) is 0.831. The van der Waals surface area contributed by atoms with E-state index in [9.17, 15) is 9.59 Å². The van der Waals surface area contributed by atoms with Crippen molar-refractivity contribution in [3.8, 4) is 0 Å². The van der Waals surface area contributed by atoms with Crippen molar-refractivity contribution in [2.24, 2.45) is 7.05 Å². The molecule has 118 valence electrons. The van der Waals surface area contributed by atoms with Gasteiger partial charge in [0.05, 0.1) is 18.4 Å². The summed E-state index contributed by atoms with van der Waals surface area (Å²) in [7, 11) is 3.17. The van der Waals surface area contributed by atoms with Crippen LogP contribution in [-0.4, -0.2) is 28.5 Å². The average molecular weight is 321 g/mol. The van der Waals surface area contributed by atoms with Crippen LogP contribution in [0.2, 0.25) is 0 Å². The third-order valence-corrected chi connectivity index (χ3v) is 3.97. The fourth-order valence-electron chi connectivity index (χ4n) is 1.92. The first-order chi connectivity index (χ1) is 10.2. The van der Waals surface area contributed by atoms with Crippen LogP contribution in [0.5, 0.6) is 0 Å². The van der Waals surface area contributed by atoms with Crippen LogP contribution >= 0.6 is 11.3 Å². The quantitative estimate of drug-likeness (QED) is 0.882. The summed E-state index contributed by atoms with van der Waals surface area (Å²) < 4.78 is 6.58. The first-order valence-corrected chi connectivity index (χ1v) is 7.57. The van der Waals surface area contributed by atoms with Crippen LogP contribution in [0.4, 0.5) is 5.13 Å². The van der Waals surface area contributed by atoms with E-state index in [0.29, 0.717) is 21.3 Å². The Morgan fingerprint density at radius 2 is 2.05 bits per heavy atom. The molecule has 22 heavy (non-hydrogen) atoms. The molecule has 0 spiro atoms. The molecule has 6 nitrogen and oxygen atoms in total. The first-order valence-electron chi connectivity index (χ1n) is 6.75. The van der Waals surface area contributed by atoms with Gasteiger partial charge in [0.1, 0.15) is 4.88 Å². The van der Waals surface area contributed by atoms with Gasteiger partial charge in [0, 0.05) is 24.9 Å². The maximum absolute atomic E-state index is 12.2. The van der Waals surface area contributed by atoms with Crippen molar-refractivity contribution in [3.05, 3.63) is 34.6 Å². The van der Waals surface area contributed by atoms with E-state index in [4.69, 9.17) is 4.74 Å². The predicted octanol–water partition coefficient (Wildman–Crippen LogP) is 2.82. The largest absolute Gasteiger partial charge is 0.465 e. The number of carbonyl (C=O) groups excluding carboxylic acids is 2. The van der Waals surface area contributed by atoms with E-state index in [0.717, 1.165) is 11.3 Å². The number of aromatic nitrogens is 2. The molecule has 7 heteroatoms. The molecule has 0 radical (unpaired) electrons. The van der Waals surface area contributed by atoms with Crippen LogP contribution in [0.1, 0.15) is 46.5 Å². The number of thiazole rings is 1. The molecule has 2 rings (SSSR count). The molecule has 1 N–H and O–H groups in total. The number of nitrogens with one attached hydrogen (secondary N) is 1. The molecular formula is C15H19N3O3S. The minimum Gasteiger partial charge on any atom is -0.465 e. The lowest BCUT2D eigenvalue weighted by atomic mass is 9.91. The molecule has 2 aromatic rings. The van der Waals surface area contributed by atoms with Gasteiger partial charge in [-0.15, -0.1) is 0 Å². The van der Waals surface area contributed by atoms with Gasteiger partial charge in [0.2, 0.25) is 0 Å². The number of anilines is 1. The van der Waals surface area contributed by atoms with Crippen LogP contribution in [0.25, 0.3) is 0 Å². The van der Waals surface area contributed by atoms with Crippen molar-refractivity contribution in [1.82, 2.24) is 9.55 Å². The van der Waals surface area contributed by atoms with Crippen LogP contribution in [-0.2, 0) is 17.2 Å². The summed E-state index contributed by atoms with van der Waals surface area (Å²) in [6, 6.07) is 1.72. The van der Waals surface area contributed by atoms with E-state index in [1.807, 2.05) is 27.8 Å². The van der Waals surface area contributed by atoms with Gasteiger partial charge >= 0.3 is 5.97 Å². The molecule has 0 aliphatic carbocycles. The van der Waals surface area contributed by atoms with Gasteiger partial charge in [-0.05, 0) is 6.07 Å². The summed E-state index contributed by atoms with van der Waals surface area (Å²) >= 11 is 1.12. The summed E-state index contributed by atoms with van der Waals surface area (Å²) in [6.07, 6.45) is 3.51. The summed E-state index contributed by atoms with van der Waals surface area (Å²) in [5, 5.41) is 3.12. The molecule has 0 fully saturated rings. The van der Waals surface area contributed by atoms with Crippen molar-refractivity contribution in [1.29, 1.82) is 0 Å². The zero-order valence-electron chi connectivity index (χ0n) is 13.3. The van der Waals surface area contributed by atoms with E-state index >= 15 is 0 Å². The molecule has 0 atom stereocenters. The van der Waals surface area contributed by atoms with E-state index in [2.05, 4.69) is 10.3 Å². The maximum Gasteiger partial charge on any atom is 0.350 e. The topological polar surface area (TPSA) is 73.2 Å². The fourth-order valence-corrected chi connectivity index (χ4v) is 3.01. The van der Waals surface area contributed by atoms with E-state index in [1.165, 1.54) is 7.11 Å². The SMILES string of the molecule is COC(=O)c1sc(NC(=O)c2ccn(C)c2)nc1C(C)(C)C. The third kappa shape index (κ3) is 3.36. The normalized spacial score (nSPS) is 11.3. The summed E-state index contributed by atoms with van der Waals surface area (Å²) in [4.78, 5) is 28.9. The molecule has 2 heterocycles. The number of amides is 1. The number of methoxy groups -OCH3 is 1. The minimum atomic E-state index is -0.442. The molecule has 1 amide bonds. The molecule has 2 aromatic heterocycles. The van der Waals surface area contributed by atoms with Crippen LogP contribution < -0.4 is 5.32 Å². The van der Waals surface area contributed by atoms with Gasteiger partial charge in [-0.1, -0.05) is 32.1 Å². The summed E-state index contributed by atoms with van der Waals surface area (Å²) in [5.74, 6) is -0.700. The van der Waals surface area contributed by atoms with Crippen molar-refractivity contribution >= 4 is 28.3 Å². The Morgan fingerprint density at radius 3 is 2.55 bits per heavy atom. The lowest BCUT2D eigenvalue weighted by Crippen LogP contribution is -2.17. The van der Waals surface area contributed by atoms with E-state index < -0.39 is 5.97 Å². The van der Waals surface area contributed by atoms with E-state index in [1.54, 1.807) is 23.0 Å². The van der Waals surface area contributed by atoms with Crippen LogP contribution in [0.15, 0.2) is 18.5 Å². The number of rotatable bonds is 3. The van der Waals surface area contributed by atoms with Gasteiger partial charge in [0.15, 0.2) is 5.13 Å². The van der Waals surface area contributed by atoms with Crippen molar-refractivity contribution in [3.63, 3.8) is 0 Å². The standard InChI is InChI=1S/C15H19N3O3S/c1-15(2,3)11-10(13(20)21-5)22-14(16-11)17-12(19)9-6-7-18(4)8-9/h6-8H,1-5H3,(H,16,17,19). The predicted molar refractivity (Wildman–Crippen MR) is 85.5 cm³/mol. The zero-order valence-corrected chi connectivity index (χ0v) is 14.1. The molecular weight excluding hydrogens is 302 g/mol. The maximum atomic E-state index is 12.2. The molecule has 0 aliphatic rings. The van der Waals surface area contributed by atoms with Crippen molar-refractivity contribution in [2.45, 2.75) is 26.2 Å². The number of hydrogen-bond donors (Lipinski definition) is 1. The summed E-state index contributed by atoms with van der Waals surface area (Å²) in [6.45, 7) is 5.87. The number of hydrogen-bond acceptors (Lipinski definition) is 5. The molecule has 0 saturated heterocycles. The van der Waals surface area contributed by atoms with Gasteiger partial charge in [-0.3, -0.25) is 10.1 Å². The van der Waals surface area contributed by atoms with Crippen LogP contribution in [0, 0.1) is 0 Å². The number of aryl methyl sites for hydroxylation is 1. The molecule has 0 aromatic carbocycles. The van der Waals surface area contributed by atoms with Gasteiger partial charge < -0.3 is 9.30 Å². The highest BCUT2D eigenvalue weighted by Gasteiger charge is 2.28. The van der Waals surface area contributed by atoms with Gasteiger partial charge in [-0.2, -0.15) is 0 Å². The second-order valence-electron chi connectivity index (χ2n) is 5.96. The molecule has 0 unspecified atom stereocenters. The zero-order chi connectivity index (χ0) is 16.5. The third-order valence-electron chi connectivity index (χ3n) is 3.02. The smallest absolute Gasteiger partial charge is 0.350 e. The Balaban J connectivity index is 2.30. The van der Waals surface area contributed by atoms with Gasteiger partial charge in [-0.25, -0.2) is 9.78 Å². The number of esters is 1. The first kappa shape index (κ1) is 16.2. The Morgan fingerprint density at radius 1 is 1.36 bits per heavy atom. The Bertz CT molecular complexity index is 710. The van der Waals surface area contributed by atoms with Gasteiger partial charge in [0.25, 0.3) is 5.91 Å². The van der Waals surface area contributed by atoms with Crippen LogP contribution in [0.3, 0.4) is 0 Å². The monoisotopic (exact) mass is 321 g/mol. The Labute approximate surface area is 133 Å². The highest BCUT2D eigenvalue weighted by Crippen LogP contribution is 2.32. The number of carbonyl (C=O) groups is 2. The second-order valence-corrected chi connectivity index (χ2v) is 6.96. The minimum absolute atomic E-state index is 0.258. The number of ether oxygens (including phenoxy) is 1. The van der Waals surface area contributed by atoms with Crippen molar-refractivity contribution < 1.29 is 14.3 Å². The molecule has 0 aliphatic heterocycles. The Hall–Kier alpha value is -2.15. The molecule has 0 saturated carbocycles.